The summed E-state index contributed by atoms with van der Waals surface area (Å²) in [4.78, 5) is 10.9. The molecule has 0 aromatic carbocycles. The number of carbonyl (C=O) groups excluding carboxylic acids is 1. The van der Waals surface area contributed by atoms with Crippen LogP contribution in [0.1, 0.15) is 48.0 Å². The smallest absolute Gasteiger partial charge is 0.293 e. The molecule has 1 rings (SSSR count). The monoisotopic (exact) mass is 400 g/mol. The van der Waals surface area contributed by atoms with E-state index in [0.29, 0.717) is 19.5 Å². The van der Waals surface area contributed by atoms with Crippen molar-refractivity contribution < 1.29 is 18.4 Å². The molecule has 26 heavy (non-hydrogen) atoms. The van der Waals surface area contributed by atoms with Crippen LogP contribution in [0.3, 0.4) is 0 Å². The van der Waals surface area contributed by atoms with Crippen LogP contribution in [-0.2, 0) is 18.4 Å². The van der Waals surface area contributed by atoms with Crippen LogP contribution in [-0.4, -0.2) is 41.9 Å². The van der Waals surface area contributed by atoms with Crippen molar-refractivity contribution in [3.63, 3.8) is 0 Å². The Morgan fingerprint density at radius 1 is 1.04 bits per heavy atom. The molecule has 0 spiro atoms. The Morgan fingerprint density at radius 2 is 1.54 bits per heavy atom. The molecule has 0 saturated heterocycles. The number of hydrogen-bond donors (Lipinski definition) is 0. The lowest BCUT2D eigenvalue weighted by atomic mass is 10.0. The fourth-order valence-corrected chi connectivity index (χ4v) is 5.03. The van der Waals surface area contributed by atoms with Crippen LogP contribution in [0.15, 0.2) is 12.2 Å². The highest BCUT2D eigenvalue weighted by Crippen LogP contribution is 2.44. The molecule has 1 fully saturated rings. The Labute approximate surface area is 162 Å². The van der Waals surface area contributed by atoms with E-state index in [1.165, 1.54) is 0 Å². The maximum absolute atomic E-state index is 10.9. The van der Waals surface area contributed by atoms with Gasteiger partial charge in [0.15, 0.2) is 16.6 Å². The fraction of sp³-hybridized carbons (Fsp3) is 0.850. The molecule has 3 atom stereocenters. The first-order chi connectivity index (χ1) is 11.5. The van der Waals surface area contributed by atoms with Crippen molar-refractivity contribution in [1.29, 1.82) is 0 Å². The van der Waals surface area contributed by atoms with Crippen molar-refractivity contribution in [2.24, 2.45) is 5.92 Å². The predicted molar refractivity (Wildman–Crippen MR) is 113 cm³/mol. The lowest BCUT2D eigenvalue weighted by molar-refractivity contribution is -0.132. The van der Waals surface area contributed by atoms with Gasteiger partial charge in [-0.05, 0) is 41.8 Å². The van der Waals surface area contributed by atoms with Gasteiger partial charge in [-0.1, -0.05) is 48.1 Å². The van der Waals surface area contributed by atoms with Gasteiger partial charge in [0, 0.05) is 18.9 Å². The quantitative estimate of drug-likeness (QED) is 0.321. The minimum Gasteiger partial charge on any atom is -0.460 e. The molecule has 0 heterocycles. The Hall–Kier alpha value is -0.436. The standard InChI is InChI=1S/C20H40O4Si2/c1-15-16(13-23-25(8,9)19(2,3)4)18(12-17(15)22-14-21)24-26(10,11)20(5,6)7/h14,16-18H,1,12-13H2,2-11H3. The molecule has 3 unspecified atom stereocenters. The van der Waals surface area contributed by atoms with E-state index in [2.05, 4.69) is 74.3 Å². The zero-order chi connectivity index (χ0) is 20.6. The molecular formula is C20H40O4Si2. The van der Waals surface area contributed by atoms with Crippen molar-refractivity contribution in [2.45, 2.75) is 96.4 Å². The van der Waals surface area contributed by atoms with E-state index >= 15 is 0 Å². The molecule has 6 heteroatoms. The Balaban J connectivity index is 2.99. The van der Waals surface area contributed by atoms with Crippen molar-refractivity contribution in [1.82, 2.24) is 0 Å². The molecule has 0 bridgehead atoms. The van der Waals surface area contributed by atoms with Gasteiger partial charge in [-0.25, -0.2) is 0 Å². The second kappa shape index (κ2) is 7.90. The van der Waals surface area contributed by atoms with Gasteiger partial charge in [0.2, 0.25) is 0 Å². The molecule has 0 N–H and O–H groups in total. The minimum absolute atomic E-state index is 0.00175. The van der Waals surface area contributed by atoms with E-state index in [1.54, 1.807) is 0 Å². The molecule has 0 aromatic rings. The first kappa shape index (κ1) is 23.6. The van der Waals surface area contributed by atoms with Crippen LogP contribution in [0.25, 0.3) is 0 Å². The maximum atomic E-state index is 10.9. The summed E-state index contributed by atoms with van der Waals surface area (Å²) in [6.45, 7) is 27.8. The average Bonchev–Trinajstić information content (AvgIpc) is 2.70. The van der Waals surface area contributed by atoms with Crippen LogP contribution in [0.5, 0.6) is 0 Å². The average molecular weight is 401 g/mol. The predicted octanol–water partition coefficient (Wildman–Crippen LogP) is 5.52. The van der Waals surface area contributed by atoms with Crippen LogP contribution in [0.4, 0.5) is 0 Å². The van der Waals surface area contributed by atoms with Crippen LogP contribution >= 0.6 is 0 Å². The Kier molecular flexibility index (Phi) is 7.17. The molecule has 0 radical (unpaired) electrons. The third-order valence-corrected chi connectivity index (χ3v) is 15.7. The van der Waals surface area contributed by atoms with Crippen molar-refractivity contribution in [2.75, 3.05) is 6.61 Å². The number of ether oxygens (including phenoxy) is 1. The van der Waals surface area contributed by atoms with Crippen molar-refractivity contribution >= 4 is 23.1 Å². The zero-order valence-electron chi connectivity index (χ0n) is 18.6. The minimum atomic E-state index is -1.93. The van der Waals surface area contributed by atoms with E-state index in [-0.39, 0.29) is 28.2 Å². The summed E-state index contributed by atoms with van der Waals surface area (Å²) >= 11 is 0. The third kappa shape index (κ3) is 5.30. The first-order valence-corrected chi connectivity index (χ1v) is 15.4. The lowest BCUT2D eigenvalue weighted by Gasteiger charge is -2.41. The molecule has 0 aliphatic heterocycles. The van der Waals surface area contributed by atoms with Gasteiger partial charge < -0.3 is 13.6 Å². The molecule has 1 aliphatic carbocycles. The van der Waals surface area contributed by atoms with E-state index in [4.69, 9.17) is 13.6 Å². The number of hydrogen-bond acceptors (Lipinski definition) is 4. The van der Waals surface area contributed by atoms with Crippen LogP contribution in [0.2, 0.25) is 36.3 Å². The maximum Gasteiger partial charge on any atom is 0.293 e. The molecule has 0 aromatic heterocycles. The molecule has 152 valence electrons. The van der Waals surface area contributed by atoms with Gasteiger partial charge in [0.25, 0.3) is 6.47 Å². The van der Waals surface area contributed by atoms with Gasteiger partial charge in [-0.15, -0.1) is 0 Å². The molecule has 1 saturated carbocycles. The SMILES string of the molecule is C=C1C(OC=O)CC(O[Si](C)(C)C(C)(C)C)C1CO[Si](C)(C)C(C)(C)C. The highest BCUT2D eigenvalue weighted by atomic mass is 28.4. The summed E-state index contributed by atoms with van der Waals surface area (Å²) in [6, 6.07) is 0. The topological polar surface area (TPSA) is 44.8 Å². The van der Waals surface area contributed by atoms with Gasteiger partial charge in [0.05, 0.1) is 6.10 Å². The van der Waals surface area contributed by atoms with E-state index in [0.717, 1.165) is 5.57 Å². The summed E-state index contributed by atoms with van der Waals surface area (Å²) in [6.07, 6.45) is 0.406. The van der Waals surface area contributed by atoms with Gasteiger partial charge in [-0.3, -0.25) is 4.79 Å². The van der Waals surface area contributed by atoms with E-state index < -0.39 is 16.6 Å². The number of rotatable bonds is 7. The summed E-state index contributed by atoms with van der Waals surface area (Å²) in [5, 5.41) is 0.282. The van der Waals surface area contributed by atoms with Gasteiger partial charge >= 0.3 is 0 Å². The second-order valence-corrected chi connectivity index (χ2v) is 20.2. The van der Waals surface area contributed by atoms with E-state index in [1.807, 2.05) is 0 Å². The second-order valence-electron chi connectivity index (χ2n) is 10.6. The summed E-state index contributed by atoms with van der Waals surface area (Å²) in [5.41, 5.74) is 0.930. The van der Waals surface area contributed by atoms with Crippen molar-refractivity contribution in [3.05, 3.63) is 12.2 Å². The lowest BCUT2D eigenvalue weighted by Crippen LogP contribution is -2.47. The van der Waals surface area contributed by atoms with Gasteiger partial charge in [-0.2, -0.15) is 0 Å². The Morgan fingerprint density at radius 3 is 1.96 bits per heavy atom. The van der Waals surface area contributed by atoms with Crippen LogP contribution in [0, 0.1) is 5.92 Å². The molecule has 1 aliphatic rings. The van der Waals surface area contributed by atoms with Crippen molar-refractivity contribution in [3.8, 4) is 0 Å². The largest absolute Gasteiger partial charge is 0.460 e. The Bertz CT molecular complexity index is 515. The summed E-state index contributed by atoms with van der Waals surface area (Å²) < 4.78 is 18.5. The molecule has 4 nitrogen and oxygen atoms in total. The highest BCUT2D eigenvalue weighted by Gasteiger charge is 2.47. The van der Waals surface area contributed by atoms with E-state index in [9.17, 15) is 4.79 Å². The first-order valence-electron chi connectivity index (χ1n) is 9.63. The third-order valence-electron chi connectivity index (χ3n) is 6.69. The zero-order valence-corrected chi connectivity index (χ0v) is 20.6. The summed E-state index contributed by atoms with van der Waals surface area (Å²) in [5.74, 6) is 0.0724. The molecule has 0 amide bonds. The van der Waals surface area contributed by atoms with Crippen LogP contribution < -0.4 is 0 Å². The van der Waals surface area contributed by atoms with Gasteiger partial charge in [0.1, 0.15) is 6.10 Å². The number of carbonyl (C=O) groups is 1. The highest BCUT2D eigenvalue weighted by molar-refractivity contribution is 6.74. The fourth-order valence-electron chi connectivity index (χ4n) is 2.63. The normalized spacial score (nSPS) is 25.5. The summed E-state index contributed by atoms with van der Waals surface area (Å²) in [7, 11) is -3.80. The molecular weight excluding hydrogens is 360 g/mol.